The van der Waals surface area contributed by atoms with Gasteiger partial charge in [-0.25, -0.2) is 4.98 Å². The molecule has 18 heavy (non-hydrogen) atoms. The third kappa shape index (κ3) is 4.57. The number of anilines is 2. The molecule has 0 saturated heterocycles. The van der Waals surface area contributed by atoms with E-state index in [0.717, 1.165) is 19.4 Å². The molecule has 6 nitrogen and oxygen atoms in total. The van der Waals surface area contributed by atoms with Crippen molar-refractivity contribution in [3.63, 3.8) is 0 Å². The van der Waals surface area contributed by atoms with Gasteiger partial charge in [-0.05, 0) is 6.42 Å². The van der Waals surface area contributed by atoms with E-state index in [0.29, 0.717) is 11.6 Å². The van der Waals surface area contributed by atoms with Crippen molar-refractivity contribution in [2.75, 3.05) is 24.2 Å². The molecule has 0 amide bonds. The van der Waals surface area contributed by atoms with Crippen LogP contribution in [-0.4, -0.2) is 23.5 Å². The average Bonchev–Trinajstić information content (AvgIpc) is 2.38. The van der Waals surface area contributed by atoms with Crippen LogP contribution in [0.25, 0.3) is 0 Å². The van der Waals surface area contributed by atoms with Crippen LogP contribution < -0.4 is 10.6 Å². The first kappa shape index (κ1) is 14.2. The van der Waals surface area contributed by atoms with E-state index in [1.807, 2.05) is 0 Å². The Bertz CT molecular complexity index is 396. The molecule has 0 radical (unpaired) electrons. The minimum Gasteiger partial charge on any atom is -0.373 e. The number of nitro groups is 1. The number of aromatic nitrogens is 1. The molecule has 1 aromatic rings. The Balaban J connectivity index is 2.58. The maximum Gasteiger partial charge on any atom is 0.276 e. The molecule has 0 fully saturated rings. The van der Waals surface area contributed by atoms with Crippen molar-refractivity contribution in [1.82, 2.24) is 4.98 Å². The zero-order valence-electron chi connectivity index (χ0n) is 10.9. The van der Waals surface area contributed by atoms with Crippen molar-refractivity contribution in [1.29, 1.82) is 0 Å². The van der Waals surface area contributed by atoms with Gasteiger partial charge in [-0.3, -0.25) is 10.1 Å². The summed E-state index contributed by atoms with van der Waals surface area (Å²) in [5, 5.41) is 16.7. The lowest BCUT2D eigenvalue weighted by molar-refractivity contribution is -0.384. The highest BCUT2D eigenvalue weighted by Gasteiger charge is 2.10. The smallest absolute Gasteiger partial charge is 0.276 e. The topological polar surface area (TPSA) is 80.1 Å². The maximum atomic E-state index is 10.8. The van der Waals surface area contributed by atoms with Crippen LogP contribution in [0.5, 0.6) is 0 Å². The quantitative estimate of drug-likeness (QED) is 0.422. The number of nitrogens with zero attached hydrogens (tertiary/aromatic N) is 2. The van der Waals surface area contributed by atoms with E-state index in [-0.39, 0.29) is 5.69 Å². The van der Waals surface area contributed by atoms with Gasteiger partial charge < -0.3 is 10.6 Å². The summed E-state index contributed by atoms with van der Waals surface area (Å²) in [6.45, 7) is 2.95. The Morgan fingerprint density at radius 3 is 2.61 bits per heavy atom. The van der Waals surface area contributed by atoms with Gasteiger partial charge in [0.05, 0.1) is 17.1 Å². The molecule has 2 N–H and O–H groups in total. The van der Waals surface area contributed by atoms with Crippen molar-refractivity contribution in [3.05, 3.63) is 22.2 Å². The first-order valence-electron chi connectivity index (χ1n) is 6.25. The number of pyridine rings is 1. The molecule has 1 heterocycles. The number of unbranched alkanes of at least 4 members (excludes halogenated alkanes) is 3. The van der Waals surface area contributed by atoms with Crippen LogP contribution in [0.2, 0.25) is 0 Å². The Morgan fingerprint density at radius 2 is 2.00 bits per heavy atom. The SMILES string of the molecule is CCCCCCNc1cc([N+](=O)[O-])cc(NC)n1. The summed E-state index contributed by atoms with van der Waals surface area (Å²) in [6, 6.07) is 2.88. The molecule has 0 unspecified atom stereocenters. The second-order valence-corrected chi connectivity index (χ2v) is 4.09. The van der Waals surface area contributed by atoms with Crippen LogP contribution in [0.4, 0.5) is 17.3 Å². The fourth-order valence-corrected chi connectivity index (χ4v) is 1.61. The third-order valence-electron chi connectivity index (χ3n) is 2.61. The third-order valence-corrected chi connectivity index (χ3v) is 2.61. The van der Waals surface area contributed by atoms with E-state index in [9.17, 15) is 10.1 Å². The molecule has 0 aliphatic carbocycles. The number of hydrogen-bond donors (Lipinski definition) is 2. The summed E-state index contributed by atoms with van der Waals surface area (Å²) in [6.07, 6.45) is 4.62. The molecule has 0 bridgehead atoms. The van der Waals surface area contributed by atoms with Gasteiger partial charge in [-0.15, -0.1) is 0 Å². The predicted molar refractivity (Wildman–Crippen MR) is 73.1 cm³/mol. The maximum absolute atomic E-state index is 10.8. The molecule has 0 atom stereocenters. The molecule has 0 spiro atoms. The van der Waals surface area contributed by atoms with Crippen LogP contribution in [0.1, 0.15) is 32.6 Å². The van der Waals surface area contributed by atoms with Crippen molar-refractivity contribution in [2.24, 2.45) is 0 Å². The molecule has 0 saturated carbocycles. The number of nitrogens with one attached hydrogen (secondary N) is 2. The summed E-state index contributed by atoms with van der Waals surface area (Å²) >= 11 is 0. The molecule has 0 aliphatic rings. The highest BCUT2D eigenvalue weighted by atomic mass is 16.6. The van der Waals surface area contributed by atoms with Gasteiger partial charge >= 0.3 is 0 Å². The van der Waals surface area contributed by atoms with E-state index in [1.54, 1.807) is 7.05 Å². The zero-order valence-corrected chi connectivity index (χ0v) is 10.9. The van der Waals surface area contributed by atoms with Crippen molar-refractivity contribution in [2.45, 2.75) is 32.6 Å². The molecule has 0 aliphatic heterocycles. The monoisotopic (exact) mass is 252 g/mol. The van der Waals surface area contributed by atoms with Crippen molar-refractivity contribution in [3.8, 4) is 0 Å². The molecule has 100 valence electrons. The van der Waals surface area contributed by atoms with Crippen LogP contribution >= 0.6 is 0 Å². The second-order valence-electron chi connectivity index (χ2n) is 4.09. The Labute approximate surface area is 107 Å². The molecule has 1 rings (SSSR count). The summed E-state index contributed by atoms with van der Waals surface area (Å²) in [7, 11) is 1.69. The summed E-state index contributed by atoms with van der Waals surface area (Å²) in [5.41, 5.74) is 0.0467. The van der Waals surface area contributed by atoms with Gasteiger partial charge in [0.15, 0.2) is 0 Å². The highest BCUT2D eigenvalue weighted by Crippen LogP contribution is 2.20. The zero-order chi connectivity index (χ0) is 13.4. The van der Waals surface area contributed by atoms with Crippen molar-refractivity contribution < 1.29 is 4.92 Å². The molecule has 6 heteroatoms. The minimum absolute atomic E-state index is 0.0467. The second kappa shape index (κ2) is 7.47. The lowest BCUT2D eigenvalue weighted by Crippen LogP contribution is -2.05. The van der Waals surface area contributed by atoms with E-state index >= 15 is 0 Å². The molecule has 1 aromatic heterocycles. The molecular formula is C12H20N4O2. The van der Waals surface area contributed by atoms with Crippen LogP contribution in [-0.2, 0) is 0 Å². The summed E-state index contributed by atoms with van der Waals surface area (Å²) in [4.78, 5) is 14.6. The van der Waals surface area contributed by atoms with Gasteiger partial charge in [0.25, 0.3) is 5.69 Å². The lowest BCUT2D eigenvalue weighted by Gasteiger charge is -2.07. The standard InChI is InChI=1S/C12H20N4O2/c1-3-4-5-6-7-14-12-9-10(16(17)18)8-11(13-2)15-12/h8-9H,3-7H2,1-2H3,(H2,13,14,15). The molecule has 0 aromatic carbocycles. The lowest BCUT2D eigenvalue weighted by atomic mass is 10.2. The van der Waals surface area contributed by atoms with E-state index in [4.69, 9.17) is 0 Å². The van der Waals surface area contributed by atoms with Crippen LogP contribution in [0.15, 0.2) is 12.1 Å². The van der Waals surface area contributed by atoms with E-state index in [1.165, 1.54) is 25.0 Å². The Hall–Kier alpha value is -1.85. The average molecular weight is 252 g/mol. The fourth-order valence-electron chi connectivity index (χ4n) is 1.61. The Kier molecular flexibility index (Phi) is 5.90. The van der Waals surface area contributed by atoms with E-state index in [2.05, 4.69) is 22.5 Å². The predicted octanol–water partition coefficient (Wildman–Crippen LogP) is 3.02. The summed E-state index contributed by atoms with van der Waals surface area (Å²) in [5.74, 6) is 1.05. The highest BCUT2D eigenvalue weighted by molar-refractivity contribution is 5.54. The first-order valence-corrected chi connectivity index (χ1v) is 6.25. The van der Waals surface area contributed by atoms with E-state index < -0.39 is 4.92 Å². The van der Waals surface area contributed by atoms with Crippen LogP contribution in [0.3, 0.4) is 0 Å². The van der Waals surface area contributed by atoms with Gasteiger partial charge in [-0.2, -0.15) is 0 Å². The van der Waals surface area contributed by atoms with Gasteiger partial charge in [-0.1, -0.05) is 26.2 Å². The first-order chi connectivity index (χ1) is 8.67. The molecular weight excluding hydrogens is 232 g/mol. The summed E-state index contributed by atoms with van der Waals surface area (Å²) < 4.78 is 0. The minimum atomic E-state index is -0.412. The van der Waals surface area contributed by atoms with Gasteiger partial charge in [0.2, 0.25) is 0 Å². The number of rotatable bonds is 8. The Morgan fingerprint density at radius 1 is 1.28 bits per heavy atom. The number of hydrogen-bond acceptors (Lipinski definition) is 5. The van der Waals surface area contributed by atoms with Gasteiger partial charge in [0.1, 0.15) is 11.6 Å². The van der Waals surface area contributed by atoms with Crippen molar-refractivity contribution >= 4 is 17.3 Å². The fraction of sp³-hybridized carbons (Fsp3) is 0.583. The van der Waals surface area contributed by atoms with Gasteiger partial charge in [0, 0.05) is 13.6 Å². The largest absolute Gasteiger partial charge is 0.373 e. The van der Waals surface area contributed by atoms with Crippen LogP contribution in [0, 0.1) is 10.1 Å². The normalized spacial score (nSPS) is 10.1.